The third kappa shape index (κ3) is 4.37. The highest BCUT2D eigenvalue weighted by Crippen LogP contribution is 2.31. The molecule has 0 aliphatic carbocycles. The number of anilines is 1. The predicted octanol–water partition coefficient (Wildman–Crippen LogP) is 3.02. The summed E-state index contributed by atoms with van der Waals surface area (Å²) in [5.41, 5.74) is 2.74. The summed E-state index contributed by atoms with van der Waals surface area (Å²) in [6, 6.07) is 11.6. The Balaban J connectivity index is 1.75. The van der Waals surface area contributed by atoms with Gasteiger partial charge in [0.15, 0.2) is 6.54 Å². The van der Waals surface area contributed by atoms with Crippen LogP contribution in [-0.2, 0) is 4.79 Å². The number of benzene rings is 2. The van der Waals surface area contributed by atoms with Gasteiger partial charge in [0.05, 0.1) is 26.3 Å². The van der Waals surface area contributed by atoms with Gasteiger partial charge in [-0.3, -0.25) is 4.79 Å². The molecule has 2 N–H and O–H groups in total. The number of halogens is 1. The molecule has 27 heavy (non-hydrogen) atoms. The fourth-order valence-corrected chi connectivity index (χ4v) is 3.93. The summed E-state index contributed by atoms with van der Waals surface area (Å²) in [4.78, 5) is 13.9. The van der Waals surface area contributed by atoms with Crippen LogP contribution in [-0.4, -0.2) is 33.2 Å². The number of hydrogen-bond donors (Lipinski definition) is 2. The van der Waals surface area contributed by atoms with E-state index in [0.717, 1.165) is 47.7 Å². The number of methoxy groups -OCH3 is 2. The lowest BCUT2D eigenvalue weighted by molar-refractivity contribution is -0.910. The van der Waals surface area contributed by atoms with Crippen LogP contribution in [0.2, 0.25) is 5.02 Å². The average Bonchev–Trinajstić information content (AvgIpc) is 3.12. The SMILES string of the molecule is COc1ccc(OC)c([C@@H]2CCC[NH+]2CC(=O)Nc2cccc(Cl)c2C)c1. The van der Waals surface area contributed by atoms with Crippen LogP contribution < -0.4 is 19.7 Å². The number of amides is 1. The lowest BCUT2D eigenvalue weighted by atomic mass is 10.0. The van der Waals surface area contributed by atoms with Gasteiger partial charge in [-0.05, 0) is 42.8 Å². The average molecular weight is 390 g/mol. The first kappa shape index (κ1) is 19.5. The lowest BCUT2D eigenvalue weighted by Crippen LogP contribution is -3.11. The summed E-state index contributed by atoms with van der Waals surface area (Å²) < 4.78 is 10.9. The summed E-state index contributed by atoms with van der Waals surface area (Å²) in [7, 11) is 3.33. The largest absolute Gasteiger partial charge is 0.497 e. The van der Waals surface area contributed by atoms with Crippen LogP contribution >= 0.6 is 11.6 Å². The zero-order valence-corrected chi connectivity index (χ0v) is 16.7. The van der Waals surface area contributed by atoms with Crippen LogP contribution in [0.1, 0.15) is 30.0 Å². The van der Waals surface area contributed by atoms with Gasteiger partial charge in [-0.1, -0.05) is 17.7 Å². The van der Waals surface area contributed by atoms with Crippen LogP contribution in [0.25, 0.3) is 0 Å². The molecule has 5 nitrogen and oxygen atoms in total. The Kier molecular flexibility index (Phi) is 6.24. The highest BCUT2D eigenvalue weighted by atomic mass is 35.5. The van der Waals surface area contributed by atoms with Crippen molar-refractivity contribution in [3.63, 3.8) is 0 Å². The van der Waals surface area contributed by atoms with E-state index in [1.54, 1.807) is 14.2 Å². The fourth-order valence-electron chi connectivity index (χ4n) is 3.75. The molecule has 2 atom stereocenters. The second kappa shape index (κ2) is 8.63. The van der Waals surface area contributed by atoms with E-state index in [1.807, 2.05) is 43.3 Å². The molecule has 1 aliphatic rings. The van der Waals surface area contributed by atoms with Crippen LogP contribution in [0.15, 0.2) is 36.4 Å². The van der Waals surface area contributed by atoms with Crippen molar-refractivity contribution in [3.8, 4) is 11.5 Å². The maximum Gasteiger partial charge on any atom is 0.279 e. The van der Waals surface area contributed by atoms with E-state index in [4.69, 9.17) is 21.1 Å². The minimum Gasteiger partial charge on any atom is -0.497 e. The molecule has 1 aliphatic heterocycles. The van der Waals surface area contributed by atoms with Gasteiger partial charge in [-0.15, -0.1) is 0 Å². The molecule has 1 unspecified atom stereocenters. The number of ether oxygens (including phenoxy) is 2. The van der Waals surface area contributed by atoms with Gasteiger partial charge < -0.3 is 19.7 Å². The topological polar surface area (TPSA) is 52.0 Å². The van der Waals surface area contributed by atoms with Crippen molar-refractivity contribution in [1.29, 1.82) is 0 Å². The number of carbonyl (C=O) groups is 1. The molecule has 0 aromatic heterocycles. The second-order valence-electron chi connectivity index (χ2n) is 6.85. The van der Waals surface area contributed by atoms with Crippen molar-refractivity contribution >= 4 is 23.2 Å². The highest BCUT2D eigenvalue weighted by molar-refractivity contribution is 6.31. The first-order valence-electron chi connectivity index (χ1n) is 9.15. The van der Waals surface area contributed by atoms with Gasteiger partial charge in [0.2, 0.25) is 0 Å². The Morgan fingerprint density at radius 1 is 1.26 bits per heavy atom. The van der Waals surface area contributed by atoms with E-state index in [-0.39, 0.29) is 11.9 Å². The van der Waals surface area contributed by atoms with E-state index in [9.17, 15) is 4.79 Å². The maximum absolute atomic E-state index is 12.7. The molecule has 2 aromatic rings. The fraction of sp³-hybridized carbons (Fsp3) is 0.381. The normalized spacial score (nSPS) is 19.0. The number of nitrogens with one attached hydrogen (secondary N) is 2. The van der Waals surface area contributed by atoms with Crippen molar-refractivity contribution in [2.45, 2.75) is 25.8 Å². The molecule has 1 fully saturated rings. The third-order valence-corrected chi connectivity index (χ3v) is 5.63. The summed E-state index contributed by atoms with van der Waals surface area (Å²) in [5.74, 6) is 1.63. The highest BCUT2D eigenvalue weighted by Gasteiger charge is 2.34. The minimum absolute atomic E-state index is 0.0101. The second-order valence-corrected chi connectivity index (χ2v) is 7.26. The Labute approximate surface area is 165 Å². The number of quaternary nitrogens is 1. The van der Waals surface area contributed by atoms with Crippen LogP contribution in [0.5, 0.6) is 11.5 Å². The van der Waals surface area contributed by atoms with Crippen molar-refractivity contribution < 1.29 is 19.2 Å². The van der Waals surface area contributed by atoms with Gasteiger partial charge in [-0.25, -0.2) is 0 Å². The number of likely N-dealkylation sites (tertiary alicyclic amines) is 1. The van der Waals surface area contributed by atoms with E-state index < -0.39 is 0 Å². The Hall–Kier alpha value is -2.24. The van der Waals surface area contributed by atoms with Crippen LogP contribution in [0, 0.1) is 6.92 Å². The smallest absolute Gasteiger partial charge is 0.279 e. The van der Waals surface area contributed by atoms with E-state index >= 15 is 0 Å². The van der Waals surface area contributed by atoms with Gasteiger partial charge in [0.1, 0.15) is 17.5 Å². The number of rotatable bonds is 6. The van der Waals surface area contributed by atoms with Gasteiger partial charge in [0, 0.05) is 23.6 Å². The molecular formula is C21H26ClN2O3+. The zero-order chi connectivity index (χ0) is 19.4. The summed E-state index contributed by atoms with van der Waals surface area (Å²) in [6.07, 6.45) is 2.09. The third-order valence-electron chi connectivity index (χ3n) is 5.23. The minimum atomic E-state index is -0.0101. The van der Waals surface area contributed by atoms with Crippen molar-refractivity contribution in [1.82, 2.24) is 0 Å². The Morgan fingerprint density at radius 2 is 2.07 bits per heavy atom. The van der Waals surface area contributed by atoms with Gasteiger partial charge in [-0.2, -0.15) is 0 Å². The van der Waals surface area contributed by atoms with Crippen LogP contribution in [0.3, 0.4) is 0 Å². The summed E-state index contributed by atoms with van der Waals surface area (Å²) in [5, 5.41) is 3.65. The Bertz CT molecular complexity index is 825. The molecule has 144 valence electrons. The first-order valence-corrected chi connectivity index (χ1v) is 9.52. The molecule has 2 aromatic carbocycles. The maximum atomic E-state index is 12.7. The van der Waals surface area contributed by atoms with Crippen LogP contribution in [0.4, 0.5) is 5.69 Å². The predicted molar refractivity (Wildman–Crippen MR) is 107 cm³/mol. The molecular weight excluding hydrogens is 364 g/mol. The molecule has 6 heteroatoms. The molecule has 1 amide bonds. The van der Waals surface area contributed by atoms with E-state index in [0.29, 0.717) is 11.6 Å². The van der Waals surface area contributed by atoms with Gasteiger partial charge >= 0.3 is 0 Å². The van der Waals surface area contributed by atoms with Gasteiger partial charge in [0.25, 0.3) is 5.91 Å². The quantitative estimate of drug-likeness (QED) is 0.798. The molecule has 0 saturated carbocycles. The van der Waals surface area contributed by atoms with Crippen molar-refractivity contribution in [2.75, 3.05) is 32.6 Å². The number of carbonyl (C=O) groups excluding carboxylic acids is 1. The lowest BCUT2D eigenvalue weighted by Gasteiger charge is -2.23. The molecule has 0 spiro atoms. The van der Waals surface area contributed by atoms with Crippen molar-refractivity contribution in [3.05, 3.63) is 52.5 Å². The summed E-state index contributed by atoms with van der Waals surface area (Å²) >= 11 is 6.15. The molecule has 3 rings (SSSR count). The summed E-state index contributed by atoms with van der Waals surface area (Å²) in [6.45, 7) is 3.26. The number of hydrogen-bond acceptors (Lipinski definition) is 3. The Morgan fingerprint density at radius 3 is 2.81 bits per heavy atom. The zero-order valence-electron chi connectivity index (χ0n) is 16.0. The first-order chi connectivity index (χ1) is 13.0. The van der Waals surface area contributed by atoms with E-state index in [1.165, 1.54) is 4.90 Å². The molecule has 1 saturated heterocycles. The standard InChI is InChI=1S/C21H25ClN2O3/c1-14-17(22)6-4-7-18(14)23-21(25)13-24-11-5-8-19(24)16-12-15(26-2)9-10-20(16)27-3/h4,6-7,9-10,12,19H,5,8,11,13H2,1-3H3,(H,23,25)/p+1/t19-/m0/s1. The molecule has 1 heterocycles. The molecule has 0 radical (unpaired) electrons. The van der Waals surface area contributed by atoms with Crippen molar-refractivity contribution in [2.24, 2.45) is 0 Å². The monoisotopic (exact) mass is 389 g/mol. The molecule has 0 bridgehead atoms. The van der Waals surface area contributed by atoms with E-state index in [2.05, 4.69) is 5.32 Å².